The van der Waals surface area contributed by atoms with Gasteiger partial charge in [-0.2, -0.15) is 0 Å². The van der Waals surface area contributed by atoms with E-state index in [4.69, 9.17) is 10.7 Å². The second-order valence-electron chi connectivity index (χ2n) is 2.91. The quantitative estimate of drug-likeness (QED) is 0.570. The van der Waals surface area contributed by atoms with Gasteiger partial charge in [0.05, 0.1) is 11.1 Å². The Bertz CT molecular complexity index is 627. The number of benzene rings is 1. The van der Waals surface area contributed by atoms with E-state index in [2.05, 4.69) is 4.98 Å². The normalized spacial score (nSPS) is 11.1. The summed E-state index contributed by atoms with van der Waals surface area (Å²) in [4.78, 5) is 3.39. The third-order valence-corrected chi connectivity index (χ3v) is 3.33. The van der Waals surface area contributed by atoms with Crippen LogP contribution in [0.15, 0.2) is 35.5 Å². The molecule has 86 valence electrons. The molecule has 0 saturated carbocycles. The first kappa shape index (κ1) is 13.6. The zero-order valence-electron chi connectivity index (χ0n) is 7.72. The topological polar surface area (TPSA) is 47.0 Å². The predicted octanol–water partition coefficient (Wildman–Crippen LogP) is 2.92. The zero-order chi connectivity index (χ0) is 11.1. The Morgan fingerprint density at radius 1 is 1.25 bits per heavy atom. The highest BCUT2D eigenvalue weighted by Gasteiger charge is 2.16. The van der Waals surface area contributed by atoms with Crippen molar-refractivity contribution in [2.75, 3.05) is 0 Å². The van der Waals surface area contributed by atoms with Crippen molar-refractivity contribution in [1.29, 1.82) is 0 Å². The molecule has 0 bridgehead atoms. The maximum atomic E-state index is 13.4. The number of aromatic nitrogens is 1. The molecule has 0 aliphatic rings. The number of hydrogen-bond donors (Lipinski definition) is 0. The number of pyridine rings is 1. The van der Waals surface area contributed by atoms with E-state index in [0.717, 1.165) is 6.20 Å². The van der Waals surface area contributed by atoms with Crippen molar-refractivity contribution < 1.29 is 12.8 Å². The molecule has 0 fully saturated rings. The van der Waals surface area contributed by atoms with E-state index < -0.39 is 14.9 Å². The first-order valence-electron chi connectivity index (χ1n) is 3.97. The number of nitrogens with zero attached hydrogens (tertiary/aromatic N) is 1. The first-order valence-corrected chi connectivity index (χ1v) is 6.28. The molecule has 1 aromatic carbocycles. The summed E-state index contributed by atoms with van der Waals surface area (Å²) in [6.07, 6.45) is 2.33. The lowest BCUT2D eigenvalue weighted by atomic mass is 10.2. The Kier molecular flexibility index (Phi) is 4.08. The van der Waals surface area contributed by atoms with Gasteiger partial charge in [0.1, 0.15) is 0 Å². The summed E-state index contributed by atoms with van der Waals surface area (Å²) in [7, 11) is 1.25. The van der Waals surface area contributed by atoms with Crippen molar-refractivity contribution in [3.63, 3.8) is 0 Å². The number of halogens is 3. The maximum Gasteiger partial charge on any atom is 0.262 e. The van der Waals surface area contributed by atoms with E-state index >= 15 is 0 Å². The van der Waals surface area contributed by atoms with E-state index in [9.17, 15) is 12.8 Å². The van der Waals surface area contributed by atoms with E-state index in [1.54, 1.807) is 6.07 Å². The molecule has 1 heterocycles. The number of hydrogen-bond acceptors (Lipinski definition) is 3. The van der Waals surface area contributed by atoms with Crippen LogP contribution >= 0.6 is 34.7 Å². The molecule has 0 spiro atoms. The molecule has 3 nitrogen and oxygen atoms in total. The minimum absolute atomic E-state index is 0. The third-order valence-electron chi connectivity index (χ3n) is 1.96. The Morgan fingerprint density at radius 3 is 2.56 bits per heavy atom. The molecule has 0 atom stereocenters. The molecule has 0 radical (unpaired) electrons. The van der Waals surface area contributed by atoms with Crippen molar-refractivity contribution in [2.45, 2.75) is 4.90 Å². The monoisotopic (exact) mass is 373 g/mol. The largest absolute Gasteiger partial charge is 0.262 e. The predicted molar refractivity (Wildman–Crippen MR) is 70.2 cm³/mol. The van der Waals surface area contributed by atoms with Gasteiger partial charge in [-0.15, -0.1) is 24.0 Å². The number of rotatable bonds is 1. The van der Waals surface area contributed by atoms with Crippen molar-refractivity contribution in [2.24, 2.45) is 0 Å². The highest BCUT2D eigenvalue weighted by molar-refractivity contribution is 14.0. The minimum atomic E-state index is -3.95. The van der Waals surface area contributed by atoms with Crippen molar-refractivity contribution in [3.05, 3.63) is 36.4 Å². The van der Waals surface area contributed by atoms with Crippen LogP contribution in [0.25, 0.3) is 10.8 Å². The van der Waals surface area contributed by atoms with Gasteiger partial charge in [-0.3, -0.25) is 4.98 Å². The Hall–Kier alpha value is -0.470. The van der Waals surface area contributed by atoms with Gasteiger partial charge in [0.2, 0.25) is 0 Å². The molecule has 1 aromatic heterocycles. The van der Waals surface area contributed by atoms with Crippen molar-refractivity contribution in [1.82, 2.24) is 4.98 Å². The summed E-state index contributed by atoms with van der Waals surface area (Å²) in [5.41, 5.74) is 0. The molecule has 2 aromatic rings. The van der Waals surface area contributed by atoms with Gasteiger partial charge in [-0.25, -0.2) is 12.8 Å². The lowest BCUT2D eigenvalue weighted by molar-refractivity contribution is 0.607. The summed E-state index contributed by atoms with van der Waals surface area (Å²) in [5.74, 6) is -0.702. The second kappa shape index (κ2) is 4.80. The summed E-state index contributed by atoms with van der Waals surface area (Å²) in [6.45, 7) is 0. The van der Waals surface area contributed by atoms with Gasteiger partial charge in [0, 0.05) is 27.7 Å². The lowest BCUT2D eigenvalue weighted by Crippen LogP contribution is -1.94. The molecule has 0 saturated heterocycles. The summed E-state index contributed by atoms with van der Waals surface area (Å²) in [6, 6.07) is 4.31. The van der Waals surface area contributed by atoms with Gasteiger partial charge in [-0.1, -0.05) is 12.1 Å². The maximum absolute atomic E-state index is 13.4. The molecular weight excluding hydrogens is 368 g/mol. The Morgan fingerprint density at radius 2 is 1.94 bits per heavy atom. The van der Waals surface area contributed by atoms with Crippen LogP contribution in [0.4, 0.5) is 4.39 Å². The summed E-state index contributed by atoms with van der Waals surface area (Å²) in [5, 5.41) is 0.374. The average molecular weight is 374 g/mol. The molecule has 0 aliphatic carbocycles. The fourth-order valence-corrected chi connectivity index (χ4v) is 2.45. The zero-order valence-corrected chi connectivity index (χ0v) is 11.6. The van der Waals surface area contributed by atoms with Crippen LogP contribution < -0.4 is 0 Å². The highest BCUT2D eigenvalue weighted by atomic mass is 127. The standard InChI is InChI=1S/C9H5ClFNO2S.HI/c10-15(13,14)8-3-1-2-6-4-12-5-7(11)9(6)8;/h1-5H;1H. The molecule has 0 unspecified atom stereocenters. The fraction of sp³-hybridized carbons (Fsp3) is 0. The van der Waals surface area contributed by atoms with Crippen LogP contribution in [0.1, 0.15) is 0 Å². The van der Waals surface area contributed by atoms with E-state index in [1.807, 2.05) is 0 Å². The van der Waals surface area contributed by atoms with Crippen LogP contribution in [-0.4, -0.2) is 13.4 Å². The first-order chi connectivity index (χ1) is 7.00. The summed E-state index contributed by atoms with van der Waals surface area (Å²) >= 11 is 0. The molecular formula is C9H6ClFINO2S. The van der Waals surface area contributed by atoms with Crippen LogP contribution in [0.5, 0.6) is 0 Å². The Labute approximate surface area is 113 Å². The number of fused-ring (bicyclic) bond motifs is 1. The van der Waals surface area contributed by atoms with Gasteiger partial charge >= 0.3 is 0 Å². The summed E-state index contributed by atoms with van der Waals surface area (Å²) < 4.78 is 35.7. The Balaban J connectivity index is 0.00000128. The van der Waals surface area contributed by atoms with Gasteiger partial charge in [0.15, 0.2) is 5.82 Å². The second-order valence-corrected chi connectivity index (χ2v) is 5.45. The van der Waals surface area contributed by atoms with E-state index in [1.165, 1.54) is 18.3 Å². The molecule has 7 heteroatoms. The van der Waals surface area contributed by atoms with E-state index in [0.29, 0.717) is 5.39 Å². The van der Waals surface area contributed by atoms with Crippen LogP contribution in [0.3, 0.4) is 0 Å². The molecule has 0 amide bonds. The lowest BCUT2D eigenvalue weighted by Gasteiger charge is -2.03. The van der Waals surface area contributed by atoms with Gasteiger partial charge in [-0.05, 0) is 6.07 Å². The van der Waals surface area contributed by atoms with Crippen LogP contribution in [0.2, 0.25) is 0 Å². The average Bonchev–Trinajstić information content (AvgIpc) is 2.16. The highest BCUT2D eigenvalue weighted by Crippen LogP contribution is 2.26. The minimum Gasteiger partial charge on any atom is -0.261 e. The molecule has 0 N–H and O–H groups in total. The van der Waals surface area contributed by atoms with Gasteiger partial charge in [0.25, 0.3) is 9.05 Å². The van der Waals surface area contributed by atoms with Crippen molar-refractivity contribution in [3.8, 4) is 0 Å². The smallest absolute Gasteiger partial charge is 0.261 e. The molecule has 2 rings (SSSR count). The van der Waals surface area contributed by atoms with Crippen LogP contribution in [0, 0.1) is 5.82 Å². The third kappa shape index (κ3) is 2.44. The van der Waals surface area contributed by atoms with E-state index in [-0.39, 0.29) is 34.3 Å². The SMILES string of the molecule is I.O=S(=O)(Cl)c1cccc2cncc(F)c12. The molecule has 16 heavy (non-hydrogen) atoms. The fourth-order valence-electron chi connectivity index (χ4n) is 1.36. The molecule has 0 aliphatic heterocycles. The van der Waals surface area contributed by atoms with Gasteiger partial charge < -0.3 is 0 Å². The van der Waals surface area contributed by atoms with Crippen molar-refractivity contribution >= 4 is 54.5 Å². The van der Waals surface area contributed by atoms with Crippen LogP contribution in [-0.2, 0) is 9.05 Å².